The van der Waals surface area contributed by atoms with Crippen LogP contribution in [0.5, 0.6) is 0 Å². The van der Waals surface area contributed by atoms with Crippen LogP contribution in [-0.2, 0) is 10.4 Å². The molecular weight excluding hydrogens is 248 g/mol. The van der Waals surface area contributed by atoms with Crippen LogP contribution in [0.4, 0.5) is 0 Å². The van der Waals surface area contributed by atoms with Gasteiger partial charge >= 0.3 is 0 Å². The average molecular weight is 268 g/mol. The number of benzene rings is 1. The maximum atomic E-state index is 6.06. The van der Waals surface area contributed by atoms with Gasteiger partial charge in [-0.25, -0.2) is 0 Å². The maximum absolute atomic E-state index is 6.06. The van der Waals surface area contributed by atoms with Gasteiger partial charge in [-0.3, -0.25) is 9.82 Å². The van der Waals surface area contributed by atoms with Crippen LogP contribution in [-0.4, -0.2) is 17.1 Å². The molecule has 3 rings (SSSR count). The Hall–Kier alpha value is -1.71. The van der Waals surface area contributed by atoms with Crippen LogP contribution >= 0.6 is 0 Å². The van der Waals surface area contributed by atoms with E-state index < -0.39 is 0 Å². The van der Waals surface area contributed by atoms with Crippen molar-refractivity contribution in [2.24, 2.45) is 0 Å². The number of aryl methyl sites for hydroxylation is 1. The SMILES string of the molecule is Cc1ccc([C@@H]2CC(C)(c3cccnc3)N(C)O2)cc1. The molecule has 0 N–H and O–H groups in total. The van der Waals surface area contributed by atoms with Crippen LogP contribution in [0.25, 0.3) is 0 Å². The molecule has 0 radical (unpaired) electrons. The van der Waals surface area contributed by atoms with E-state index in [4.69, 9.17) is 4.84 Å². The zero-order chi connectivity index (χ0) is 14.2. The first kappa shape index (κ1) is 13.3. The van der Waals surface area contributed by atoms with Gasteiger partial charge in [0, 0.05) is 25.9 Å². The maximum Gasteiger partial charge on any atom is 0.106 e. The van der Waals surface area contributed by atoms with Gasteiger partial charge in [0.1, 0.15) is 6.10 Å². The molecule has 3 nitrogen and oxygen atoms in total. The third-order valence-corrected chi connectivity index (χ3v) is 4.30. The Bertz CT molecular complexity index is 582. The molecule has 0 aliphatic carbocycles. The van der Waals surface area contributed by atoms with Gasteiger partial charge in [0.15, 0.2) is 0 Å². The lowest BCUT2D eigenvalue weighted by molar-refractivity contribution is -0.169. The fourth-order valence-electron chi connectivity index (χ4n) is 2.77. The second-order valence-corrected chi connectivity index (χ2v) is 5.72. The molecule has 1 saturated heterocycles. The molecule has 2 aromatic rings. The van der Waals surface area contributed by atoms with E-state index in [9.17, 15) is 0 Å². The number of nitrogens with zero attached hydrogens (tertiary/aromatic N) is 2. The van der Waals surface area contributed by atoms with E-state index in [1.807, 2.05) is 24.4 Å². The van der Waals surface area contributed by atoms with Gasteiger partial charge in [-0.2, -0.15) is 5.06 Å². The minimum absolute atomic E-state index is 0.103. The number of aromatic nitrogens is 1. The lowest BCUT2D eigenvalue weighted by atomic mass is 9.86. The van der Waals surface area contributed by atoms with Gasteiger partial charge in [-0.15, -0.1) is 0 Å². The summed E-state index contributed by atoms with van der Waals surface area (Å²) in [6, 6.07) is 12.7. The zero-order valence-electron chi connectivity index (χ0n) is 12.2. The second-order valence-electron chi connectivity index (χ2n) is 5.72. The van der Waals surface area contributed by atoms with Crippen LogP contribution in [0.3, 0.4) is 0 Å². The van der Waals surface area contributed by atoms with Gasteiger partial charge in [0.25, 0.3) is 0 Å². The highest BCUT2D eigenvalue weighted by Crippen LogP contribution is 2.44. The van der Waals surface area contributed by atoms with Crippen LogP contribution in [0.1, 0.15) is 36.1 Å². The highest BCUT2D eigenvalue weighted by molar-refractivity contribution is 5.27. The molecule has 104 valence electrons. The largest absolute Gasteiger partial charge is 0.290 e. The lowest BCUT2D eigenvalue weighted by Gasteiger charge is -2.29. The molecule has 1 aliphatic heterocycles. The van der Waals surface area contributed by atoms with Gasteiger partial charge < -0.3 is 0 Å². The topological polar surface area (TPSA) is 25.4 Å². The van der Waals surface area contributed by atoms with Crippen molar-refractivity contribution in [3.63, 3.8) is 0 Å². The summed E-state index contributed by atoms with van der Waals surface area (Å²) < 4.78 is 0. The Balaban J connectivity index is 1.88. The molecule has 3 heteroatoms. The van der Waals surface area contributed by atoms with Crippen LogP contribution in [0.2, 0.25) is 0 Å². The third kappa shape index (κ3) is 2.23. The van der Waals surface area contributed by atoms with Gasteiger partial charge in [-0.1, -0.05) is 35.9 Å². The Morgan fingerprint density at radius 3 is 2.65 bits per heavy atom. The van der Waals surface area contributed by atoms with Crippen LogP contribution in [0, 0.1) is 6.92 Å². The fourth-order valence-corrected chi connectivity index (χ4v) is 2.77. The number of rotatable bonds is 2. The van der Waals surface area contributed by atoms with E-state index in [1.54, 1.807) is 6.20 Å². The quantitative estimate of drug-likeness (QED) is 0.832. The van der Waals surface area contributed by atoms with E-state index in [-0.39, 0.29) is 11.6 Å². The summed E-state index contributed by atoms with van der Waals surface area (Å²) in [6.07, 6.45) is 4.77. The van der Waals surface area contributed by atoms with Gasteiger partial charge in [-0.05, 0) is 31.0 Å². The molecule has 1 aromatic carbocycles. The molecule has 1 fully saturated rings. The fraction of sp³-hybridized carbons (Fsp3) is 0.353. The Morgan fingerprint density at radius 1 is 1.25 bits per heavy atom. The Labute approximate surface area is 120 Å². The van der Waals surface area contributed by atoms with Crippen molar-refractivity contribution in [1.29, 1.82) is 0 Å². The number of hydrogen-bond donors (Lipinski definition) is 0. The molecule has 0 amide bonds. The highest BCUT2D eigenvalue weighted by Gasteiger charge is 2.43. The van der Waals surface area contributed by atoms with Crippen molar-refractivity contribution in [3.05, 3.63) is 65.5 Å². The van der Waals surface area contributed by atoms with Crippen molar-refractivity contribution in [1.82, 2.24) is 10.0 Å². The monoisotopic (exact) mass is 268 g/mol. The number of pyridine rings is 1. The predicted octanol–water partition coefficient (Wildman–Crippen LogP) is 3.61. The Kier molecular flexibility index (Phi) is 3.32. The molecule has 1 aliphatic rings. The molecule has 0 saturated carbocycles. The first-order valence-electron chi connectivity index (χ1n) is 6.97. The van der Waals surface area contributed by atoms with Crippen LogP contribution in [0.15, 0.2) is 48.8 Å². The van der Waals surface area contributed by atoms with E-state index in [0.29, 0.717) is 0 Å². The number of hydrogen-bond acceptors (Lipinski definition) is 3. The second kappa shape index (κ2) is 5.00. The summed E-state index contributed by atoms with van der Waals surface area (Å²) in [5.41, 5.74) is 3.56. The number of hydroxylamine groups is 2. The van der Waals surface area contributed by atoms with E-state index in [0.717, 1.165) is 6.42 Å². The van der Waals surface area contributed by atoms with Crippen molar-refractivity contribution in [3.8, 4) is 0 Å². The highest BCUT2D eigenvalue weighted by atomic mass is 16.7. The molecular formula is C17H20N2O. The first-order chi connectivity index (χ1) is 9.59. The molecule has 2 heterocycles. The summed E-state index contributed by atoms with van der Waals surface area (Å²) in [5, 5.41) is 1.97. The van der Waals surface area contributed by atoms with Crippen molar-refractivity contribution in [2.45, 2.75) is 31.9 Å². The van der Waals surface area contributed by atoms with Gasteiger partial charge in [0.05, 0.1) is 5.54 Å². The summed E-state index contributed by atoms with van der Waals surface area (Å²) >= 11 is 0. The summed E-state index contributed by atoms with van der Waals surface area (Å²) in [7, 11) is 2.00. The molecule has 20 heavy (non-hydrogen) atoms. The predicted molar refractivity (Wildman–Crippen MR) is 79.0 cm³/mol. The molecule has 1 unspecified atom stereocenters. The minimum atomic E-state index is -0.135. The Morgan fingerprint density at radius 2 is 2.00 bits per heavy atom. The van der Waals surface area contributed by atoms with Crippen LogP contribution < -0.4 is 0 Å². The lowest BCUT2D eigenvalue weighted by Crippen LogP contribution is -2.34. The normalized spacial score (nSPS) is 26.9. The molecule has 0 bridgehead atoms. The minimum Gasteiger partial charge on any atom is -0.290 e. The standard InChI is InChI=1S/C17H20N2O/c1-13-6-8-14(9-7-13)16-11-17(2,19(3)20-16)15-5-4-10-18-12-15/h4-10,12,16H,11H2,1-3H3/t16-,17?/m0/s1. The first-order valence-corrected chi connectivity index (χ1v) is 6.97. The van der Waals surface area contributed by atoms with Crippen molar-refractivity contribution < 1.29 is 4.84 Å². The summed E-state index contributed by atoms with van der Waals surface area (Å²) in [4.78, 5) is 10.3. The smallest absolute Gasteiger partial charge is 0.106 e. The van der Waals surface area contributed by atoms with Crippen molar-refractivity contribution >= 4 is 0 Å². The third-order valence-electron chi connectivity index (χ3n) is 4.30. The summed E-state index contributed by atoms with van der Waals surface area (Å²) in [6.45, 7) is 4.31. The average Bonchev–Trinajstić information content (AvgIpc) is 2.78. The zero-order valence-corrected chi connectivity index (χ0v) is 12.2. The molecule has 1 aromatic heterocycles. The van der Waals surface area contributed by atoms with E-state index in [1.165, 1.54) is 16.7 Å². The molecule has 2 atom stereocenters. The molecule has 0 spiro atoms. The van der Waals surface area contributed by atoms with E-state index >= 15 is 0 Å². The van der Waals surface area contributed by atoms with Gasteiger partial charge in [0.2, 0.25) is 0 Å². The van der Waals surface area contributed by atoms with Crippen molar-refractivity contribution in [2.75, 3.05) is 7.05 Å². The summed E-state index contributed by atoms with van der Waals surface area (Å²) in [5.74, 6) is 0. The van der Waals surface area contributed by atoms with E-state index in [2.05, 4.69) is 49.2 Å².